The van der Waals surface area contributed by atoms with Crippen LogP contribution in [-0.4, -0.2) is 30.2 Å². The molecule has 51 heavy (non-hydrogen) atoms. The molecule has 0 spiro atoms. The van der Waals surface area contributed by atoms with Crippen molar-refractivity contribution < 1.29 is 0 Å². The van der Waals surface area contributed by atoms with Crippen LogP contribution in [0.5, 0.6) is 0 Å². The summed E-state index contributed by atoms with van der Waals surface area (Å²) in [6.45, 7) is 13.6. The van der Waals surface area contributed by atoms with Crippen molar-refractivity contribution in [3.8, 4) is 0 Å². The molecule has 0 aromatic heterocycles. The van der Waals surface area contributed by atoms with E-state index < -0.39 is 20.9 Å². The Morgan fingerprint density at radius 1 is 0.373 bits per heavy atom. The van der Waals surface area contributed by atoms with Crippen molar-refractivity contribution in [2.45, 2.75) is 62.2 Å². The van der Waals surface area contributed by atoms with E-state index in [0.29, 0.717) is 0 Å². The monoisotopic (exact) mass is 856 g/mol. The Morgan fingerprint density at radius 2 is 0.608 bits per heavy atom. The number of nitrogens with zero attached hydrogens (tertiary/aromatic N) is 2. The van der Waals surface area contributed by atoms with Crippen molar-refractivity contribution in [3.63, 3.8) is 0 Å². The third-order valence-corrected chi connectivity index (χ3v) is 26.4. The molecule has 0 heterocycles. The SMILES string of the molecule is CC(C)(C)c1ccc(S(=NP(=[Se])(c2ccccc2)c2ccccc2)(=NP(=[Se])(c2ccccc2)c2ccccc2)c2ccc(C(C)(C)C)cc2)cc1. The van der Waals surface area contributed by atoms with Crippen LogP contribution in [0.2, 0.25) is 0 Å². The molecule has 0 aliphatic heterocycles. The number of benzene rings is 6. The standard InChI is InChI=1S/C44H46N2P2SSe2/c1-43(2,3)35-27-31-41(32-28-35)49(42-33-29-36(30-34-42)44(4,5)6,45-47(50,37-19-11-7-12-20-37)38-21-13-8-14-22-38)46-48(51,39-23-15-9-16-24-39)40-25-17-10-18-26-40/h7-34H,1-6H3. The van der Waals surface area contributed by atoms with Crippen molar-refractivity contribution >= 4 is 72.4 Å². The van der Waals surface area contributed by atoms with Crippen molar-refractivity contribution in [1.29, 1.82) is 0 Å². The molecular formula is C44H46N2P2SSe2. The molecule has 0 atom stereocenters. The van der Waals surface area contributed by atoms with Crippen LogP contribution < -0.4 is 21.2 Å². The summed E-state index contributed by atoms with van der Waals surface area (Å²) < 4.78 is 12.6. The van der Waals surface area contributed by atoms with Crippen molar-refractivity contribution in [3.05, 3.63) is 181 Å². The van der Waals surface area contributed by atoms with Crippen LogP contribution in [0.4, 0.5) is 0 Å². The molecule has 0 fully saturated rings. The second-order valence-electron chi connectivity index (χ2n) is 14.8. The minimum absolute atomic E-state index is 0.00586. The Labute approximate surface area is 321 Å². The zero-order chi connectivity index (χ0) is 36.3. The number of rotatable bonds is 8. The van der Waals surface area contributed by atoms with E-state index in [1.54, 1.807) is 0 Å². The van der Waals surface area contributed by atoms with Crippen molar-refractivity contribution in [2.24, 2.45) is 8.27 Å². The summed E-state index contributed by atoms with van der Waals surface area (Å²) in [5, 5.41) is 4.74. The summed E-state index contributed by atoms with van der Waals surface area (Å²) in [6.07, 6.45) is 0. The van der Waals surface area contributed by atoms with Gasteiger partial charge < -0.3 is 0 Å². The van der Waals surface area contributed by atoms with E-state index >= 15 is 0 Å². The van der Waals surface area contributed by atoms with E-state index in [2.05, 4.69) is 242 Å². The molecule has 0 radical (unpaired) electrons. The summed E-state index contributed by atoms with van der Waals surface area (Å²) in [4.78, 5) is 2.24. The Hall–Kier alpha value is -2.83. The quantitative estimate of drug-likeness (QED) is 0.108. The third-order valence-electron chi connectivity index (χ3n) is 8.99. The molecule has 6 aromatic carbocycles. The third kappa shape index (κ3) is 8.07. The van der Waals surface area contributed by atoms with Gasteiger partial charge in [0.1, 0.15) is 0 Å². The van der Waals surface area contributed by atoms with Gasteiger partial charge in [-0.1, -0.05) is 0 Å². The van der Waals surface area contributed by atoms with E-state index in [-0.39, 0.29) is 10.8 Å². The fraction of sp³-hybridized carbons (Fsp3) is 0.182. The normalized spacial score (nSPS) is 12.7. The van der Waals surface area contributed by atoms with Crippen LogP contribution in [-0.2, 0) is 20.5 Å². The topological polar surface area (TPSA) is 24.7 Å². The fourth-order valence-electron chi connectivity index (χ4n) is 5.97. The Morgan fingerprint density at radius 3 is 0.824 bits per heavy atom. The van der Waals surface area contributed by atoms with Crippen molar-refractivity contribution in [2.75, 3.05) is 0 Å². The van der Waals surface area contributed by atoms with Crippen LogP contribution in [0.1, 0.15) is 52.7 Å². The molecule has 2 nitrogen and oxygen atoms in total. The fourth-order valence-corrected chi connectivity index (χ4v) is 23.0. The molecule has 0 aliphatic rings. The maximum atomic E-state index is 6.32. The second kappa shape index (κ2) is 15.3. The molecule has 0 N–H and O–H groups in total. The molecule has 0 saturated heterocycles. The van der Waals surface area contributed by atoms with Crippen LogP contribution in [0.3, 0.4) is 0 Å². The predicted molar refractivity (Wildman–Crippen MR) is 229 cm³/mol. The van der Waals surface area contributed by atoms with E-state index in [1.165, 1.54) is 32.3 Å². The molecule has 0 bridgehead atoms. The molecule has 6 aromatic rings. The van der Waals surface area contributed by atoms with Crippen LogP contribution in [0.25, 0.3) is 0 Å². The molecule has 0 unspecified atom stereocenters. The van der Waals surface area contributed by atoms with Gasteiger partial charge in [-0.25, -0.2) is 0 Å². The van der Waals surface area contributed by atoms with Gasteiger partial charge in [0.2, 0.25) is 0 Å². The summed E-state index contributed by atoms with van der Waals surface area (Å²) in [7, 11) is -2.50. The first-order valence-corrected chi connectivity index (χ1v) is 26.7. The van der Waals surface area contributed by atoms with Gasteiger partial charge in [-0.05, 0) is 0 Å². The molecular weight excluding hydrogens is 808 g/mol. The summed E-state index contributed by atoms with van der Waals surface area (Å²) in [5.41, 5.74) is -2.49. The van der Waals surface area contributed by atoms with Gasteiger partial charge in [0.15, 0.2) is 0 Å². The summed E-state index contributed by atoms with van der Waals surface area (Å²) >= 11 is 7.52. The molecule has 0 aliphatic carbocycles. The van der Waals surface area contributed by atoms with E-state index in [9.17, 15) is 0 Å². The molecule has 0 saturated carbocycles. The number of hydrogen-bond donors (Lipinski definition) is 0. The van der Waals surface area contributed by atoms with E-state index in [1.807, 2.05) is 0 Å². The Kier molecular flexibility index (Phi) is 11.3. The Balaban J connectivity index is 1.88. The van der Waals surface area contributed by atoms with Crippen LogP contribution >= 0.6 is 11.3 Å². The first-order valence-electron chi connectivity index (χ1n) is 17.2. The summed E-state index contributed by atoms with van der Waals surface area (Å²) in [6, 6.07) is 61.6. The maximum absolute atomic E-state index is 6.32. The van der Waals surface area contributed by atoms with Gasteiger partial charge in [-0.3, -0.25) is 0 Å². The van der Waals surface area contributed by atoms with Crippen LogP contribution in [0, 0.1) is 0 Å². The van der Waals surface area contributed by atoms with Crippen LogP contribution in [0.15, 0.2) is 188 Å². The first kappa shape index (κ1) is 37.9. The van der Waals surface area contributed by atoms with E-state index in [4.69, 9.17) is 8.27 Å². The molecule has 6 rings (SSSR count). The first-order chi connectivity index (χ1) is 24.3. The van der Waals surface area contributed by atoms with Gasteiger partial charge in [0.05, 0.1) is 0 Å². The Bertz CT molecular complexity index is 2060. The second-order valence-corrected chi connectivity index (χ2v) is 29.1. The average molecular weight is 855 g/mol. The summed E-state index contributed by atoms with van der Waals surface area (Å²) in [5.74, 6) is 0. The van der Waals surface area contributed by atoms with E-state index in [0.717, 1.165) is 9.79 Å². The zero-order valence-corrected chi connectivity index (χ0v) is 36.2. The van der Waals surface area contributed by atoms with Gasteiger partial charge >= 0.3 is 324 Å². The number of hydrogen-bond acceptors (Lipinski definition) is 2. The average Bonchev–Trinajstić information content (AvgIpc) is 3.15. The van der Waals surface area contributed by atoms with Gasteiger partial charge in [-0.15, -0.1) is 0 Å². The zero-order valence-electron chi connectivity index (χ0n) is 30.2. The predicted octanol–water partition coefficient (Wildman–Crippen LogP) is 10.6. The molecule has 7 heteroatoms. The van der Waals surface area contributed by atoms with Crippen molar-refractivity contribution in [1.82, 2.24) is 0 Å². The van der Waals surface area contributed by atoms with Gasteiger partial charge in [0.25, 0.3) is 0 Å². The van der Waals surface area contributed by atoms with Gasteiger partial charge in [-0.2, -0.15) is 0 Å². The van der Waals surface area contributed by atoms with Gasteiger partial charge in [0, 0.05) is 0 Å². The molecule has 0 amide bonds. The minimum atomic E-state index is -2.54. The molecule has 260 valence electrons.